The maximum absolute atomic E-state index is 10.9. The third-order valence-corrected chi connectivity index (χ3v) is 3.47. The fraction of sp³-hybridized carbons (Fsp3) is 0.364. The molecule has 1 N–H and O–H groups in total. The van der Waals surface area contributed by atoms with Gasteiger partial charge in [-0.2, -0.15) is 0 Å². The zero-order valence-corrected chi connectivity index (χ0v) is 9.41. The van der Waals surface area contributed by atoms with Crippen LogP contribution in [-0.2, 0) is 4.79 Å². The maximum atomic E-state index is 10.9. The summed E-state index contributed by atoms with van der Waals surface area (Å²) in [4.78, 5) is 10.9. The van der Waals surface area contributed by atoms with Crippen LogP contribution in [0.15, 0.2) is 28.7 Å². The molecule has 0 spiro atoms. The molecule has 1 aromatic carbocycles. The van der Waals surface area contributed by atoms with Crippen molar-refractivity contribution < 1.29 is 9.90 Å². The summed E-state index contributed by atoms with van der Waals surface area (Å²) in [6.45, 7) is 1.81. The van der Waals surface area contributed by atoms with Gasteiger partial charge in [-0.1, -0.05) is 28.1 Å². The number of hydrogen-bond acceptors (Lipinski definition) is 1. The van der Waals surface area contributed by atoms with Gasteiger partial charge < -0.3 is 5.11 Å². The molecule has 1 aliphatic carbocycles. The highest BCUT2D eigenvalue weighted by molar-refractivity contribution is 9.10. The fourth-order valence-electron chi connectivity index (χ4n) is 1.81. The Morgan fingerprint density at radius 2 is 2.36 bits per heavy atom. The van der Waals surface area contributed by atoms with Crippen molar-refractivity contribution in [1.29, 1.82) is 0 Å². The van der Waals surface area contributed by atoms with Crippen LogP contribution < -0.4 is 0 Å². The Balaban J connectivity index is 2.25. The first-order chi connectivity index (χ1) is 6.54. The molecule has 0 saturated heterocycles. The molecule has 2 atom stereocenters. The second-order valence-corrected chi connectivity index (χ2v) is 4.95. The molecule has 1 aromatic rings. The summed E-state index contributed by atoms with van der Waals surface area (Å²) in [5.74, 6) is -0.514. The first-order valence-corrected chi connectivity index (χ1v) is 5.32. The Kier molecular flexibility index (Phi) is 2.14. The molecule has 2 rings (SSSR count). The van der Waals surface area contributed by atoms with Gasteiger partial charge in [-0.3, -0.25) is 4.79 Å². The Bertz CT molecular complexity index is 389. The maximum Gasteiger partial charge on any atom is 0.309 e. The van der Waals surface area contributed by atoms with Crippen LogP contribution in [0.1, 0.15) is 24.8 Å². The molecule has 3 heteroatoms. The predicted molar refractivity (Wildman–Crippen MR) is 57.2 cm³/mol. The van der Waals surface area contributed by atoms with Crippen LogP contribution in [0, 0.1) is 5.41 Å². The molecular formula is C11H11BrO2. The van der Waals surface area contributed by atoms with Gasteiger partial charge in [-0.05, 0) is 31.0 Å². The van der Waals surface area contributed by atoms with Crippen molar-refractivity contribution in [2.75, 3.05) is 0 Å². The molecule has 14 heavy (non-hydrogen) atoms. The number of hydrogen-bond donors (Lipinski definition) is 1. The number of aliphatic carboxylic acids is 1. The van der Waals surface area contributed by atoms with E-state index < -0.39 is 11.4 Å². The summed E-state index contributed by atoms with van der Waals surface area (Å²) in [7, 11) is 0. The predicted octanol–water partition coefficient (Wildman–Crippen LogP) is 3.03. The van der Waals surface area contributed by atoms with Gasteiger partial charge in [0.2, 0.25) is 0 Å². The monoisotopic (exact) mass is 254 g/mol. The average Bonchev–Trinajstić information content (AvgIpc) is 2.80. The van der Waals surface area contributed by atoms with Gasteiger partial charge in [-0.25, -0.2) is 0 Å². The number of rotatable bonds is 2. The lowest BCUT2D eigenvalue weighted by Crippen LogP contribution is -2.12. The Hall–Kier alpha value is -0.830. The first-order valence-electron chi connectivity index (χ1n) is 4.53. The van der Waals surface area contributed by atoms with Gasteiger partial charge >= 0.3 is 5.97 Å². The highest BCUT2D eigenvalue weighted by Gasteiger charge is 2.57. The van der Waals surface area contributed by atoms with Gasteiger partial charge in [0.25, 0.3) is 0 Å². The zero-order valence-electron chi connectivity index (χ0n) is 7.83. The normalized spacial score (nSPS) is 30.0. The van der Waals surface area contributed by atoms with Gasteiger partial charge in [0.05, 0.1) is 5.41 Å². The number of carboxylic acids is 1. The molecule has 0 heterocycles. The van der Waals surface area contributed by atoms with Crippen molar-refractivity contribution in [3.8, 4) is 0 Å². The van der Waals surface area contributed by atoms with E-state index in [2.05, 4.69) is 15.9 Å². The molecule has 2 nitrogen and oxygen atoms in total. The van der Waals surface area contributed by atoms with Crippen LogP contribution in [0.5, 0.6) is 0 Å². The Morgan fingerprint density at radius 1 is 1.64 bits per heavy atom. The third-order valence-electron chi connectivity index (χ3n) is 2.98. The Labute approximate surface area is 91.1 Å². The van der Waals surface area contributed by atoms with Crippen molar-refractivity contribution in [1.82, 2.24) is 0 Å². The highest BCUT2D eigenvalue weighted by atomic mass is 79.9. The second kappa shape index (κ2) is 3.09. The lowest BCUT2D eigenvalue weighted by molar-refractivity contribution is -0.142. The molecule has 0 unspecified atom stereocenters. The number of carboxylic acid groups (broad SMARTS) is 1. The van der Waals surface area contributed by atoms with E-state index in [4.69, 9.17) is 5.11 Å². The summed E-state index contributed by atoms with van der Waals surface area (Å²) in [6.07, 6.45) is 0.749. The van der Waals surface area contributed by atoms with E-state index in [0.717, 1.165) is 16.5 Å². The van der Waals surface area contributed by atoms with Crippen LogP contribution in [0.4, 0.5) is 0 Å². The van der Waals surface area contributed by atoms with Crippen LogP contribution in [-0.4, -0.2) is 11.1 Å². The topological polar surface area (TPSA) is 37.3 Å². The largest absolute Gasteiger partial charge is 0.481 e. The van der Waals surface area contributed by atoms with E-state index in [1.807, 2.05) is 24.3 Å². The molecule has 0 radical (unpaired) electrons. The molecule has 1 aliphatic rings. The molecule has 1 saturated carbocycles. The van der Waals surface area contributed by atoms with Crippen LogP contribution in [0.3, 0.4) is 0 Å². The first kappa shape index (κ1) is 9.71. The molecule has 0 bridgehead atoms. The quantitative estimate of drug-likeness (QED) is 0.881. The van der Waals surface area contributed by atoms with Gasteiger partial charge in [0.15, 0.2) is 0 Å². The van der Waals surface area contributed by atoms with E-state index in [9.17, 15) is 4.79 Å². The summed E-state index contributed by atoms with van der Waals surface area (Å²) >= 11 is 3.39. The van der Waals surface area contributed by atoms with E-state index in [-0.39, 0.29) is 5.92 Å². The summed E-state index contributed by atoms with van der Waals surface area (Å²) in [5, 5.41) is 9.00. The second-order valence-electron chi connectivity index (χ2n) is 4.03. The number of halogens is 1. The summed E-state index contributed by atoms with van der Waals surface area (Å²) in [5.41, 5.74) is 0.574. The van der Waals surface area contributed by atoms with E-state index in [1.165, 1.54) is 0 Å². The third kappa shape index (κ3) is 1.46. The van der Waals surface area contributed by atoms with Crippen molar-refractivity contribution in [3.05, 3.63) is 34.3 Å². The number of benzene rings is 1. The van der Waals surface area contributed by atoms with Gasteiger partial charge in [0.1, 0.15) is 0 Å². The highest BCUT2D eigenvalue weighted by Crippen LogP contribution is 2.59. The van der Waals surface area contributed by atoms with E-state index in [0.29, 0.717) is 0 Å². The molecule has 0 amide bonds. The van der Waals surface area contributed by atoms with Gasteiger partial charge in [0, 0.05) is 10.4 Å². The lowest BCUT2D eigenvalue weighted by atomic mass is 10.0. The minimum Gasteiger partial charge on any atom is -0.481 e. The van der Waals surface area contributed by atoms with Crippen molar-refractivity contribution in [2.45, 2.75) is 19.3 Å². The van der Waals surface area contributed by atoms with E-state index in [1.54, 1.807) is 6.92 Å². The van der Waals surface area contributed by atoms with E-state index >= 15 is 0 Å². The zero-order chi connectivity index (χ0) is 10.3. The fourth-order valence-corrected chi connectivity index (χ4v) is 2.23. The molecule has 1 fully saturated rings. The smallest absolute Gasteiger partial charge is 0.309 e. The van der Waals surface area contributed by atoms with Crippen molar-refractivity contribution >= 4 is 21.9 Å². The van der Waals surface area contributed by atoms with Crippen LogP contribution >= 0.6 is 15.9 Å². The summed E-state index contributed by atoms with van der Waals surface area (Å²) < 4.78 is 1.01. The molecule has 0 aliphatic heterocycles. The Morgan fingerprint density at radius 3 is 2.86 bits per heavy atom. The molecule has 0 aromatic heterocycles. The number of carbonyl (C=O) groups is 1. The van der Waals surface area contributed by atoms with Crippen LogP contribution in [0.2, 0.25) is 0 Å². The van der Waals surface area contributed by atoms with Crippen molar-refractivity contribution in [2.24, 2.45) is 5.41 Å². The lowest BCUT2D eigenvalue weighted by Gasteiger charge is -2.05. The van der Waals surface area contributed by atoms with Crippen molar-refractivity contribution in [3.63, 3.8) is 0 Å². The van der Waals surface area contributed by atoms with Crippen LogP contribution in [0.25, 0.3) is 0 Å². The summed E-state index contributed by atoms with van der Waals surface area (Å²) in [6, 6.07) is 7.88. The standard InChI is InChI=1S/C11H11BrO2/c1-11(10(13)14)6-9(11)7-3-2-4-8(12)5-7/h2-5,9H,6H2,1H3,(H,13,14)/t9-,11+/m1/s1. The minimum absolute atomic E-state index is 0.178. The molecule has 74 valence electrons. The van der Waals surface area contributed by atoms with Gasteiger partial charge in [-0.15, -0.1) is 0 Å². The molecular weight excluding hydrogens is 244 g/mol. The SMILES string of the molecule is C[C@]1(C(=O)O)C[C@@H]1c1cccc(Br)c1. The minimum atomic E-state index is -0.692. The average molecular weight is 255 g/mol.